The first-order valence-corrected chi connectivity index (χ1v) is 7.38. The van der Waals surface area contributed by atoms with Gasteiger partial charge in [0.05, 0.1) is 11.8 Å². The van der Waals surface area contributed by atoms with Crippen molar-refractivity contribution in [1.82, 2.24) is 14.8 Å². The predicted octanol–water partition coefficient (Wildman–Crippen LogP) is 1.82. The number of carbonyl (C=O) groups is 1. The molecular weight excluding hydrogens is 271 g/mol. The van der Waals surface area contributed by atoms with Crippen LogP contribution in [0.1, 0.15) is 30.1 Å². The zero-order valence-corrected chi connectivity index (χ0v) is 12.9. The summed E-state index contributed by atoms with van der Waals surface area (Å²) in [5.41, 5.74) is 0.322. The fourth-order valence-electron chi connectivity index (χ4n) is 2.78. The first-order valence-electron chi connectivity index (χ1n) is 7.38. The molecule has 116 valence electrons. The monoisotopic (exact) mass is 294 g/mol. The molecule has 2 rings (SSSR count). The van der Waals surface area contributed by atoms with Gasteiger partial charge in [0, 0.05) is 25.7 Å². The van der Waals surface area contributed by atoms with E-state index in [9.17, 15) is 9.18 Å². The Balaban J connectivity index is 2.24. The van der Waals surface area contributed by atoms with Crippen molar-refractivity contribution in [2.45, 2.75) is 25.8 Å². The lowest BCUT2D eigenvalue weighted by atomic mass is 10.1. The van der Waals surface area contributed by atoms with Crippen LogP contribution in [0.15, 0.2) is 12.3 Å². The van der Waals surface area contributed by atoms with Gasteiger partial charge < -0.3 is 15.1 Å². The largest absolute Gasteiger partial charge is 0.370 e. The minimum absolute atomic E-state index is 0.137. The number of likely N-dealkylation sites (N-methyl/N-ethyl adjacent to an activating group) is 1. The summed E-state index contributed by atoms with van der Waals surface area (Å²) in [7, 11) is 3.99. The number of nitrogens with one attached hydrogen (secondary N) is 1. The van der Waals surface area contributed by atoms with E-state index in [1.165, 1.54) is 6.07 Å². The average molecular weight is 294 g/mol. The number of pyridine rings is 1. The number of nitrogens with zero attached hydrogens (tertiary/aromatic N) is 3. The number of halogens is 1. The summed E-state index contributed by atoms with van der Waals surface area (Å²) < 4.78 is 13.5. The maximum absolute atomic E-state index is 13.5. The van der Waals surface area contributed by atoms with Gasteiger partial charge in [-0.1, -0.05) is 0 Å². The summed E-state index contributed by atoms with van der Waals surface area (Å²) in [6.45, 7) is 4.11. The van der Waals surface area contributed by atoms with Gasteiger partial charge in [-0.15, -0.1) is 0 Å². The van der Waals surface area contributed by atoms with Gasteiger partial charge in [-0.2, -0.15) is 0 Å². The summed E-state index contributed by atoms with van der Waals surface area (Å²) in [6.07, 6.45) is 3.11. The van der Waals surface area contributed by atoms with Gasteiger partial charge in [-0.05, 0) is 39.9 Å². The maximum Gasteiger partial charge on any atom is 0.258 e. The summed E-state index contributed by atoms with van der Waals surface area (Å²) in [5, 5.41) is 3.03. The fourth-order valence-corrected chi connectivity index (χ4v) is 2.78. The Labute approximate surface area is 125 Å². The van der Waals surface area contributed by atoms with Crippen molar-refractivity contribution in [2.24, 2.45) is 0 Å². The summed E-state index contributed by atoms with van der Waals surface area (Å²) in [6, 6.07) is 1.46. The van der Waals surface area contributed by atoms with Gasteiger partial charge >= 0.3 is 0 Å². The molecule has 0 spiro atoms. The molecule has 2 heterocycles. The minimum atomic E-state index is -0.483. The van der Waals surface area contributed by atoms with Crippen molar-refractivity contribution in [3.8, 4) is 0 Å². The van der Waals surface area contributed by atoms with E-state index in [4.69, 9.17) is 0 Å². The van der Waals surface area contributed by atoms with Crippen LogP contribution < -0.4 is 5.32 Å². The van der Waals surface area contributed by atoms with Crippen LogP contribution in [0.2, 0.25) is 0 Å². The molecule has 1 N–H and O–H groups in total. The topological polar surface area (TPSA) is 48.5 Å². The Morgan fingerprint density at radius 3 is 3.00 bits per heavy atom. The summed E-state index contributed by atoms with van der Waals surface area (Å²) in [5.74, 6) is -0.162. The molecular formula is C15H23FN4O. The highest BCUT2D eigenvalue weighted by molar-refractivity contribution is 5.99. The SMILES string of the molecule is CCNc1ncc(F)cc1C(=O)N1CCCC1CN(C)C. The van der Waals surface area contributed by atoms with E-state index in [1.807, 2.05) is 25.9 Å². The number of anilines is 1. The third kappa shape index (κ3) is 3.69. The smallest absolute Gasteiger partial charge is 0.258 e. The summed E-state index contributed by atoms with van der Waals surface area (Å²) >= 11 is 0. The number of hydrogen-bond donors (Lipinski definition) is 1. The van der Waals surface area contributed by atoms with Crippen molar-refractivity contribution in [3.05, 3.63) is 23.6 Å². The lowest BCUT2D eigenvalue weighted by Gasteiger charge is -2.27. The van der Waals surface area contributed by atoms with E-state index in [-0.39, 0.29) is 11.9 Å². The zero-order valence-electron chi connectivity index (χ0n) is 12.9. The summed E-state index contributed by atoms with van der Waals surface area (Å²) in [4.78, 5) is 20.7. The molecule has 1 unspecified atom stereocenters. The van der Waals surface area contributed by atoms with Gasteiger partial charge in [0.15, 0.2) is 0 Å². The highest BCUT2D eigenvalue weighted by Crippen LogP contribution is 2.23. The Kier molecular flexibility index (Phi) is 5.12. The molecule has 5 nitrogen and oxygen atoms in total. The lowest BCUT2D eigenvalue weighted by Crippen LogP contribution is -2.41. The first kappa shape index (κ1) is 15.7. The number of hydrogen-bond acceptors (Lipinski definition) is 4. The number of likely N-dealkylation sites (tertiary alicyclic amines) is 1. The van der Waals surface area contributed by atoms with Crippen LogP contribution in [0.4, 0.5) is 10.2 Å². The van der Waals surface area contributed by atoms with Crippen LogP contribution in [-0.2, 0) is 0 Å². The van der Waals surface area contributed by atoms with Crippen molar-refractivity contribution in [2.75, 3.05) is 39.0 Å². The molecule has 1 aliphatic rings. The Morgan fingerprint density at radius 2 is 2.33 bits per heavy atom. The second kappa shape index (κ2) is 6.85. The van der Waals surface area contributed by atoms with Crippen LogP contribution in [0.5, 0.6) is 0 Å². The van der Waals surface area contributed by atoms with E-state index >= 15 is 0 Å². The molecule has 1 atom stereocenters. The molecule has 21 heavy (non-hydrogen) atoms. The normalized spacial score (nSPS) is 18.3. The highest BCUT2D eigenvalue weighted by Gasteiger charge is 2.31. The van der Waals surface area contributed by atoms with Crippen molar-refractivity contribution < 1.29 is 9.18 Å². The van der Waals surface area contributed by atoms with Gasteiger partial charge in [-0.25, -0.2) is 9.37 Å². The molecule has 1 saturated heterocycles. The van der Waals surface area contributed by atoms with Crippen molar-refractivity contribution in [3.63, 3.8) is 0 Å². The van der Waals surface area contributed by atoms with Gasteiger partial charge in [0.1, 0.15) is 11.6 Å². The molecule has 0 aliphatic carbocycles. The number of rotatable bonds is 5. The molecule has 0 aromatic carbocycles. The van der Waals surface area contributed by atoms with Gasteiger partial charge in [-0.3, -0.25) is 4.79 Å². The molecule has 1 aromatic rings. The Hall–Kier alpha value is -1.69. The average Bonchev–Trinajstić information content (AvgIpc) is 2.87. The molecule has 1 aromatic heterocycles. The lowest BCUT2D eigenvalue weighted by molar-refractivity contribution is 0.0716. The highest BCUT2D eigenvalue weighted by atomic mass is 19.1. The zero-order chi connectivity index (χ0) is 15.4. The molecule has 0 bridgehead atoms. The number of aromatic nitrogens is 1. The van der Waals surface area contributed by atoms with E-state index in [0.29, 0.717) is 17.9 Å². The number of amides is 1. The molecule has 1 aliphatic heterocycles. The van der Waals surface area contributed by atoms with Crippen LogP contribution in [0.3, 0.4) is 0 Å². The third-order valence-corrected chi connectivity index (χ3v) is 3.64. The molecule has 1 fully saturated rings. The van der Waals surface area contributed by atoms with E-state index in [1.54, 1.807) is 0 Å². The molecule has 0 radical (unpaired) electrons. The van der Waals surface area contributed by atoms with Crippen LogP contribution >= 0.6 is 0 Å². The minimum Gasteiger partial charge on any atom is -0.370 e. The second-order valence-corrected chi connectivity index (χ2v) is 5.64. The van der Waals surface area contributed by atoms with E-state index in [0.717, 1.165) is 32.1 Å². The van der Waals surface area contributed by atoms with Gasteiger partial charge in [0.2, 0.25) is 0 Å². The molecule has 6 heteroatoms. The Bertz CT molecular complexity index is 506. The maximum atomic E-state index is 13.5. The fraction of sp³-hybridized carbons (Fsp3) is 0.600. The van der Waals surface area contributed by atoms with Crippen LogP contribution in [0, 0.1) is 5.82 Å². The van der Waals surface area contributed by atoms with Crippen LogP contribution in [0.25, 0.3) is 0 Å². The number of carbonyl (C=O) groups excluding carboxylic acids is 1. The Morgan fingerprint density at radius 1 is 1.57 bits per heavy atom. The molecule has 0 saturated carbocycles. The molecule has 1 amide bonds. The van der Waals surface area contributed by atoms with Crippen molar-refractivity contribution >= 4 is 11.7 Å². The first-order chi connectivity index (χ1) is 10.0. The third-order valence-electron chi connectivity index (χ3n) is 3.64. The van der Waals surface area contributed by atoms with Crippen molar-refractivity contribution in [1.29, 1.82) is 0 Å². The second-order valence-electron chi connectivity index (χ2n) is 5.64. The van der Waals surface area contributed by atoms with E-state index < -0.39 is 5.82 Å². The van der Waals surface area contributed by atoms with Crippen LogP contribution in [-0.4, -0.2) is 60.5 Å². The predicted molar refractivity (Wildman–Crippen MR) is 81.0 cm³/mol. The van der Waals surface area contributed by atoms with E-state index in [2.05, 4.69) is 15.2 Å². The quantitative estimate of drug-likeness (QED) is 0.900. The van der Waals surface area contributed by atoms with Gasteiger partial charge in [0.25, 0.3) is 5.91 Å². The standard InChI is InChI=1S/C15H23FN4O/c1-4-17-14-13(8-11(16)9-18-14)15(21)20-7-5-6-12(20)10-19(2)3/h8-9,12H,4-7,10H2,1-3H3,(H,17,18).